The standard InChI is InChI=1S/C23H31N3O4S/c1-5-26(6-2)31(29,30)21-13-9-19(10-14-21)16-24-23(28)15-22(25-18(4)27)20-11-7-17(3)8-12-20/h7-14,22H,5-6,15-16H2,1-4H3,(H,24,28)(H,25,27). The Hall–Kier alpha value is -2.71. The number of hydrogen-bond acceptors (Lipinski definition) is 4. The molecule has 2 N–H and O–H groups in total. The predicted octanol–water partition coefficient (Wildman–Crippen LogP) is 2.91. The Balaban J connectivity index is 2.01. The Morgan fingerprint density at radius 2 is 1.55 bits per heavy atom. The van der Waals surface area contributed by atoms with Crippen molar-refractivity contribution < 1.29 is 18.0 Å². The Labute approximate surface area is 184 Å². The van der Waals surface area contributed by atoms with Gasteiger partial charge in [-0.25, -0.2) is 8.42 Å². The molecular formula is C23H31N3O4S. The first kappa shape index (κ1) is 24.6. The van der Waals surface area contributed by atoms with E-state index in [0.717, 1.165) is 16.7 Å². The number of carbonyl (C=O) groups excluding carboxylic acids is 2. The number of carbonyl (C=O) groups is 2. The Morgan fingerprint density at radius 3 is 2.06 bits per heavy atom. The monoisotopic (exact) mass is 445 g/mol. The van der Waals surface area contributed by atoms with Gasteiger partial charge in [0.15, 0.2) is 0 Å². The van der Waals surface area contributed by atoms with Gasteiger partial charge in [0.05, 0.1) is 17.4 Å². The molecule has 2 rings (SSSR count). The fraction of sp³-hybridized carbons (Fsp3) is 0.391. The maximum absolute atomic E-state index is 12.6. The normalized spacial score (nSPS) is 12.4. The number of aryl methyl sites for hydroxylation is 1. The molecule has 0 bridgehead atoms. The molecule has 31 heavy (non-hydrogen) atoms. The quantitative estimate of drug-likeness (QED) is 0.588. The van der Waals surface area contributed by atoms with E-state index >= 15 is 0 Å². The van der Waals surface area contributed by atoms with Crippen molar-refractivity contribution >= 4 is 21.8 Å². The SMILES string of the molecule is CCN(CC)S(=O)(=O)c1ccc(CNC(=O)CC(NC(C)=O)c2ccc(C)cc2)cc1. The second-order valence-electron chi connectivity index (χ2n) is 7.38. The number of nitrogens with zero attached hydrogens (tertiary/aromatic N) is 1. The van der Waals surface area contributed by atoms with Crippen LogP contribution in [0.1, 0.15) is 49.9 Å². The van der Waals surface area contributed by atoms with Crippen LogP contribution in [0.3, 0.4) is 0 Å². The lowest BCUT2D eigenvalue weighted by molar-refractivity contribution is -0.122. The smallest absolute Gasteiger partial charge is 0.243 e. The van der Waals surface area contributed by atoms with E-state index in [1.807, 2.05) is 31.2 Å². The highest BCUT2D eigenvalue weighted by molar-refractivity contribution is 7.89. The van der Waals surface area contributed by atoms with E-state index in [1.165, 1.54) is 11.2 Å². The summed E-state index contributed by atoms with van der Waals surface area (Å²) < 4.78 is 26.5. The molecule has 0 aromatic heterocycles. The van der Waals surface area contributed by atoms with Crippen molar-refractivity contribution in [2.24, 2.45) is 0 Å². The van der Waals surface area contributed by atoms with E-state index in [2.05, 4.69) is 10.6 Å². The summed E-state index contributed by atoms with van der Waals surface area (Å²) >= 11 is 0. The second kappa shape index (κ2) is 11.1. The first-order valence-corrected chi connectivity index (χ1v) is 11.8. The zero-order chi connectivity index (χ0) is 23.0. The molecule has 0 saturated carbocycles. The van der Waals surface area contributed by atoms with Gasteiger partial charge >= 0.3 is 0 Å². The molecule has 0 saturated heterocycles. The summed E-state index contributed by atoms with van der Waals surface area (Å²) in [6.45, 7) is 8.09. The van der Waals surface area contributed by atoms with E-state index in [4.69, 9.17) is 0 Å². The van der Waals surface area contributed by atoms with Gasteiger partial charge in [-0.2, -0.15) is 4.31 Å². The third-order valence-corrected chi connectivity index (χ3v) is 7.07. The molecule has 0 heterocycles. The van der Waals surface area contributed by atoms with E-state index in [-0.39, 0.29) is 29.7 Å². The molecule has 0 radical (unpaired) electrons. The average Bonchev–Trinajstić information content (AvgIpc) is 2.73. The molecule has 2 aromatic carbocycles. The number of hydrogen-bond donors (Lipinski definition) is 2. The summed E-state index contributed by atoms with van der Waals surface area (Å²) in [5.41, 5.74) is 2.75. The lowest BCUT2D eigenvalue weighted by Gasteiger charge is -2.19. The minimum Gasteiger partial charge on any atom is -0.352 e. The Morgan fingerprint density at radius 1 is 0.968 bits per heavy atom. The van der Waals surface area contributed by atoms with Crippen molar-refractivity contribution in [3.8, 4) is 0 Å². The second-order valence-corrected chi connectivity index (χ2v) is 9.32. The van der Waals surface area contributed by atoms with Gasteiger partial charge in [-0.05, 0) is 30.2 Å². The molecule has 8 heteroatoms. The van der Waals surface area contributed by atoms with Gasteiger partial charge in [0.25, 0.3) is 0 Å². The van der Waals surface area contributed by atoms with Crippen LogP contribution in [0.15, 0.2) is 53.4 Å². The largest absolute Gasteiger partial charge is 0.352 e. The number of amides is 2. The summed E-state index contributed by atoms with van der Waals surface area (Å²) in [6, 6.07) is 13.8. The molecule has 0 aliphatic rings. The van der Waals surface area contributed by atoms with Gasteiger partial charge in [-0.3, -0.25) is 9.59 Å². The molecule has 0 aliphatic carbocycles. The van der Waals surface area contributed by atoms with E-state index in [9.17, 15) is 18.0 Å². The molecule has 2 amide bonds. The molecule has 0 fully saturated rings. The van der Waals surface area contributed by atoms with Crippen LogP contribution in [0, 0.1) is 6.92 Å². The van der Waals surface area contributed by atoms with Crippen LogP contribution in [0.5, 0.6) is 0 Å². The van der Waals surface area contributed by atoms with Crippen molar-refractivity contribution in [2.45, 2.75) is 51.6 Å². The van der Waals surface area contributed by atoms with Crippen molar-refractivity contribution in [2.75, 3.05) is 13.1 Å². The van der Waals surface area contributed by atoms with Crippen molar-refractivity contribution in [3.05, 3.63) is 65.2 Å². The van der Waals surface area contributed by atoms with Crippen molar-refractivity contribution in [1.29, 1.82) is 0 Å². The summed E-state index contributed by atoms with van der Waals surface area (Å²) in [6.07, 6.45) is 0.108. The maximum Gasteiger partial charge on any atom is 0.243 e. The van der Waals surface area contributed by atoms with Crippen molar-refractivity contribution in [3.63, 3.8) is 0 Å². The number of benzene rings is 2. The molecule has 2 aromatic rings. The van der Waals surface area contributed by atoms with Gasteiger partial charge in [0, 0.05) is 26.6 Å². The van der Waals surface area contributed by atoms with Crippen LogP contribution in [0.25, 0.3) is 0 Å². The summed E-state index contributed by atoms with van der Waals surface area (Å²) in [5, 5.41) is 5.66. The lowest BCUT2D eigenvalue weighted by Crippen LogP contribution is -2.32. The van der Waals surface area contributed by atoms with E-state index < -0.39 is 16.1 Å². The van der Waals surface area contributed by atoms with Gasteiger partial charge in [0.1, 0.15) is 0 Å². The summed E-state index contributed by atoms with van der Waals surface area (Å²) in [5.74, 6) is -0.414. The highest BCUT2D eigenvalue weighted by Gasteiger charge is 2.21. The van der Waals surface area contributed by atoms with Gasteiger partial charge < -0.3 is 10.6 Å². The van der Waals surface area contributed by atoms with Crippen LogP contribution < -0.4 is 10.6 Å². The van der Waals surface area contributed by atoms with Crippen LogP contribution in [-0.4, -0.2) is 37.6 Å². The Bertz CT molecular complexity index is 982. The fourth-order valence-electron chi connectivity index (χ4n) is 3.25. The van der Waals surface area contributed by atoms with Crippen LogP contribution >= 0.6 is 0 Å². The Kier molecular flexibility index (Phi) is 8.76. The van der Waals surface area contributed by atoms with Gasteiger partial charge in [-0.15, -0.1) is 0 Å². The van der Waals surface area contributed by atoms with Crippen LogP contribution in [-0.2, 0) is 26.2 Å². The minimum atomic E-state index is -3.50. The van der Waals surface area contributed by atoms with Crippen LogP contribution in [0.2, 0.25) is 0 Å². The third kappa shape index (κ3) is 6.90. The average molecular weight is 446 g/mol. The van der Waals surface area contributed by atoms with E-state index in [1.54, 1.807) is 38.1 Å². The number of sulfonamides is 1. The maximum atomic E-state index is 12.6. The zero-order valence-electron chi connectivity index (χ0n) is 18.5. The molecule has 0 aliphatic heterocycles. The van der Waals surface area contributed by atoms with Crippen LogP contribution in [0.4, 0.5) is 0 Å². The number of nitrogens with one attached hydrogen (secondary N) is 2. The highest BCUT2D eigenvalue weighted by atomic mass is 32.2. The van der Waals surface area contributed by atoms with Gasteiger partial charge in [-0.1, -0.05) is 55.8 Å². The first-order valence-electron chi connectivity index (χ1n) is 10.4. The lowest BCUT2D eigenvalue weighted by atomic mass is 10.0. The number of rotatable bonds is 10. The molecular weight excluding hydrogens is 414 g/mol. The fourth-order valence-corrected chi connectivity index (χ4v) is 4.70. The molecule has 0 spiro atoms. The molecule has 1 unspecified atom stereocenters. The predicted molar refractivity (Wildman–Crippen MR) is 121 cm³/mol. The van der Waals surface area contributed by atoms with Gasteiger partial charge in [0.2, 0.25) is 21.8 Å². The molecule has 1 atom stereocenters. The third-order valence-electron chi connectivity index (χ3n) is 5.00. The zero-order valence-corrected chi connectivity index (χ0v) is 19.3. The minimum absolute atomic E-state index is 0.108. The molecule has 7 nitrogen and oxygen atoms in total. The molecule has 168 valence electrons. The first-order chi connectivity index (χ1) is 14.7. The highest BCUT2D eigenvalue weighted by Crippen LogP contribution is 2.19. The van der Waals surface area contributed by atoms with Crippen molar-refractivity contribution in [1.82, 2.24) is 14.9 Å². The van der Waals surface area contributed by atoms with E-state index in [0.29, 0.717) is 13.1 Å². The summed E-state index contributed by atoms with van der Waals surface area (Å²) in [7, 11) is -3.50. The summed E-state index contributed by atoms with van der Waals surface area (Å²) in [4.78, 5) is 24.3. The topological polar surface area (TPSA) is 95.6 Å².